The van der Waals surface area contributed by atoms with Crippen LogP contribution < -0.4 is 5.32 Å². The zero-order valence-corrected chi connectivity index (χ0v) is 9.15. The normalized spacial score (nSPS) is 10.5. The fraction of sp³-hybridized carbons (Fsp3) is 0.333. The van der Waals surface area contributed by atoms with E-state index >= 15 is 0 Å². The lowest BCUT2D eigenvalue weighted by Gasteiger charge is -2.08. The second-order valence-electron chi connectivity index (χ2n) is 1.15. The van der Waals surface area contributed by atoms with Gasteiger partial charge in [0.15, 0.2) is 0 Å². The van der Waals surface area contributed by atoms with Gasteiger partial charge in [0, 0.05) is 0 Å². The van der Waals surface area contributed by atoms with Crippen LogP contribution in [-0.4, -0.2) is 11.8 Å². The van der Waals surface area contributed by atoms with Crippen LogP contribution in [0.25, 0.3) is 0 Å². The van der Waals surface area contributed by atoms with Gasteiger partial charge >= 0.3 is 0 Å². The number of amides is 2. The van der Waals surface area contributed by atoms with Crippen LogP contribution in [0.15, 0.2) is 0 Å². The Kier molecular flexibility index (Phi) is 35.9. The summed E-state index contributed by atoms with van der Waals surface area (Å²) in [6.45, 7) is 0. The summed E-state index contributed by atoms with van der Waals surface area (Å²) in [6.07, 6.45) is 0.0833. The minimum Gasteiger partial charge on any atom is -0.296 e. The van der Waals surface area contributed by atoms with Crippen molar-refractivity contribution in [3.05, 3.63) is 0 Å². The molecule has 3 nitrogen and oxygen atoms in total. The first-order valence-electron chi connectivity index (χ1n) is 1.62. The predicted molar refractivity (Wildman–Crippen MR) is 54.0 cm³/mol. The second-order valence-corrected chi connectivity index (χ2v) is 1.15. The van der Waals surface area contributed by atoms with E-state index in [1.165, 1.54) is 0 Å². The van der Waals surface area contributed by atoms with Crippen molar-refractivity contribution in [3.8, 4) is 0 Å². The molecular weight excluding hydrogens is 259 g/mol. The molecule has 1 heterocycles. The highest BCUT2D eigenvalue weighted by atomic mass is 35.5. The molecule has 0 aromatic rings. The van der Waals surface area contributed by atoms with E-state index in [4.69, 9.17) is 0 Å². The molecular formula is C3H8Cl5NO2. The average Bonchev–Trinajstić information content (AvgIpc) is 1.33. The molecule has 1 fully saturated rings. The molecule has 8 heteroatoms. The van der Waals surface area contributed by atoms with E-state index in [9.17, 15) is 9.59 Å². The van der Waals surface area contributed by atoms with Gasteiger partial charge in [0.2, 0.25) is 11.8 Å². The fourth-order valence-corrected chi connectivity index (χ4v) is 0.283. The van der Waals surface area contributed by atoms with E-state index in [-0.39, 0.29) is 80.3 Å². The van der Waals surface area contributed by atoms with Crippen molar-refractivity contribution in [1.29, 1.82) is 0 Å². The topological polar surface area (TPSA) is 46.2 Å². The lowest BCUT2D eigenvalue weighted by atomic mass is 10.3. The van der Waals surface area contributed by atoms with Crippen molar-refractivity contribution in [3.63, 3.8) is 0 Å². The van der Waals surface area contributed by atoms with Gasteiger partial charge in [0.1, 0.15) is 6.42 Å². The molecule has 1 saturated heterocycles. The lowest BCUT2D eigenvalue weighted by molar-refractivity contribution is -0.140. The van der Waals surface area contributed by atoms with Crippen molar-refractivity contribution in [1.82, 2.24) is 5.32 Å². The highest BCUT2D eigenvalue weighted by Crippen LogP contribution is 1.89. The Morgan fingerprint density at radius 3 is 1.00 bits per heavy atom. The molecule has 11 heavy (non-hydrogen) atoms. The van der Waals surface area contributed by atoms with Gasteiger partial charge < -0.3 is 0 Å². The monoisotopic (exact) mass is 265 g/mol. The van der Waals surface area contributed by atoms with Gasteiger partial charge in [0.05, 0.1) is 0 Å². The van der Waals surface area contributed by atoms with E-state index in [2.05, 4.69) is 0 Å². The van der Waals surface area contributed by atoms with Crippen LogP contribution >= 0.6 is 62.0 Å². The molecule has 0 radical (unpaired) electrons. The van der Waals surface area contributed by atoms with Crippen molar-refractivity contribution in [2.24, 2.45) is 0 Å². The maximum Gasteiger partial charge on any atom is 0.236 e. The van der Waals surface area contributed by atoms with E-state index in [1.807, 2.05) is 5.32 Å². The Balaban J connectivity index is -0.0000000240. The molecule has 1 aliphatic heterocycles. The zero-order chi connectivity index (χ0) is 4.57. The zero-order valence-electron chi connectivity index (χ0n) is 5.06. The lowest BCUT2D eigenvalue weighted by Crippen LogP contribution is -2.43. The van der Waals surface area contributed by atoms with Crippen LogP contribution in [0.2, 0.25) is 0 Å². The third-order valence-electron chi connectivity index (χ3n) is 0.600. The second kappa shape index (κ2) is 13.2. The standard InChI is InChI=1S/C3H3NO2.5ClH/c5-2-1-3(6)4-2;;;;;/h1H2,(H,4,5,6);5*1H. The number of halogens is 5. The third-order valence-corrected chi connectivity index (χ3v) is 0.600. The van der Waals surface area contributed by atoms with Crippen molar-refractivity contribution in [2.45, 2.75) is 6.42 Å². The minimum absolute atomic E-state index is 0. The first-order chi connectivity index (χ1) is 2.79. The van der Waals surface area contributed by atoms with Gasteiger partial charge in [-0.3, -0.25) is 14.9 Å². The molecule has 0 spiro atoms. The Labute approximate surface area is 95.1 Å². The number of imide groups is 1. The molecule has 0 atom stereocenters. The number of carbonyl (C=O) groups excluding carboxylic acids is 2. The first-order valence-corrected chi connectivity index (χ1v) is 1.62. The summed E-state index contributed by atoms with van der Waals surface area (Å²) in [6, 6.07) is 0. The van der Waals surface area contributed by atoms with Crippen LogP contribution in [-0.2, 0) is 9.59 Å². The molecule has 72 valence electrons. The predicted octanol–water partition coefficient (Wildman–Crippen LogP) is 1.14. The molecule has 0 aliphatic carbocycles. The van der Waals surface area contributed by atoms with E-state index in [1.54, 1.807) is 0 Å². The Hall–Kier alpha value is 0.590. The summed E-state index contributed by atoms with van der Waals surface area (Å²) in [5, 5.41) is 2.03. The Morgan fingerprint density at radius 2 is 1.00 bits per heavy atom. The molecule has 0 aromatic heterocycles. The summed E-state index contributed by atoms with van der Waals surface area (Å²) in [5.41, 5.74) is 0. The quantitative estimate of drug-likeness (QED) is 0.528. The van der Waals surface area contributed by atoms with Crippen molar-refractivity contribution < 1.29 is 9.59 Å². The summed E-state index contributed by atoms with van der Waals surface area (Å²) in [4.78, 5) is 19.6. The van der Waals surface area contributed by atoms with Gasteiger partial charge in [-0.2, -0.15) is 0 Å². The molecule has 0 saturated carbocycles. The summed E-state index contributed by atoms with van der Waals surface area (Å²) < 4.78 is 0. The average molecular weight is 267 g/mol. The fourth-order valence-electron chi connectivity index (χ4n) is 0.283. The minimum atomic E-state index is -0.167. The molecule has 1 aliphatic rings. The molecule has 0 bridgehead atoms. The number of nitrogens with one attached hydrogen (secondary N) is 1. The van der Waals surface area contributed by atoms with Crippen LogP contribution in [0.5, 0.6) is 0 Å². The maximum atomic E-state index is 9.78. The van der Waals surface area contributed by atoms with Gasteiger partial charge in [-0.1, -0.05) is 0 Å². The van der Waals surface area contributed by atoms with E-state index < -0.39 is 0 Å². The van der Waals surface area contributed by atoms with E-state index in [0.717, 1.165) is 0 Å². The largest absolute Gasteiger partial charge is 0.296 e. The summed E-state index contributed by atoms with van der Waals surface area (Å²) >= 11 is 0. The van der Waals surface area contributed by atoms with Crippen LogP contribution in [0.3, 0.4) is 0 Å². The molecule has 1 N–H and O–H groups in total. The first kappa shape index (κ1) is 29.9. The van der Waals surface area contributed by atoms with Crippen LogP contribution in [0.1, 0.15) is 6.42 Å². The van der Waals surface area contributed by atoms with Crippen molar-refractivity contribution in [2.75, 3.05) is 0 Å². The SMILES string of the molecule is Cl.Cl.Cl.Cl.Cl.O=C1CC(=O)N1. The van der Waals surface area contributed by atoms with Crippen LogP contribution in [0.4, 0.5) is 0 Å². The van der Waals surface area contributed by atoms with E-state index in [0.29, 0.717) is 0 Å². The number of carbonyl (C=O) groups is 2. The smallest absolute Gasteiger partial charge is 0.236 e. The Bertz CT molecular complexity index is 96.3. The molecule has 1 rings (SSSR count). The molecule has 0 aromatic carbocycles. The summed E-state index contributed by atoms with van der Waals surface area (Å²) in [7, 11) is 0. The third kappa shape index (κ3) is 10.6. The maximum absolute atomic E-state index is 9.78. The van der Waals surface area contributed by atoms with Gasteiger partial charge in [0.25, 0.3) is 0 Å². The number of β-lactam (4-membered cyclic amide) rings is 2. The highest BCUT2D eigenvalue weighted by Gasteiger charge is 2.20. The van der Waals surface area contributed by atoms with Crippen LogP contribution in [0, 0.1) is 0 Å². The molecule has 0 unspecified atom stereocenters. The highest BCUT2D eigenvalue weighted by molar-refractivity contribution is 6.14. The Morgan fingerprint density at radius 1 is 0.818 bits per heavy atom. The number of hydrogen-bond donors (Lipinski definition) is 1. The number of hydrogen-bond acceptors (Lipinski definition) is 2. The van der Waals surface area contributed by atoms with Gasteiger partial charge in [-0.15, -0.1) is 62.0 Å². The number of rotatable bonds is 0. The molecule has 2 amide bonds. The van der Waals surface area contributed by atoms with Crippen molar-refractivity contribution >= 4 is 73.8 Å². The van der Waals surface area contributed by atoms with Gasteiger partial charge in [-0.25, -0.2) is 0 Å². The van der Waals surface area contributed by atoms with Gasteiger partial charge in [-0.05, 0) is 0 Å². The summed E-state index contributed by atoms with van der Waals surface area (Å²) in [5.74, 6) is -0.333.